The van der Waals surface area contributed by atoms with Crippen LogP contribution in [0.1, 0.15) is 22.2 Å². The van der Waals surface area contributed by atoms with Gasteiger partial charge in [-0.1, -0.05) is 22.9 Å². The number of alkyl halides is 1. The molecule has 0 saturated carbocycles. The highest BCUT2D eigenvalue weighted by atomic mass is 79.9. The average molecular weight is 233 g/mol. The van der Waals surface area contributed by atoms with Crippen molar-refractivity contribution in [1.29, 1.82) is 0 Å². The van der Waals surface area contributed by atoms with Crippen LogP contribution in [0, 0.1) is 0 Å². The molecule has 0 aromatic carbocycles. The standard InChI is InChI=1S/C8H9BrOS/c1-2-7-3-6(5-11-7)8(9)4-10/h3-5,8H,2H2,1H3. The first kappa shape index (κ1) is 8.94. The average Bonchev–Trinajstić information content (AvgIpc) is 2.50. The topological polar surface area (TPSA) is 17.1 Å². The zero-order valence-corrected chi connectivity index (χ0v) is 8.61. The number of hydrogen-bond donors (Lipinski definition) is 0. The molecule has 0 aliphatic carbocycles. The summed E-state index contributed by atoms with van der Waals surface area (Å²) < 4.78 is 0. The molecule has 0 amide bonds. The van der Waals surface area contributed by atoms with Crippen LogP contribution in [-0.2, 0) is 11.2 Å². The molecule has 0 aliphatic rings. The Morgan fingerprint density at radius 1 is 1.82 bits per heavy atom. The fraction of sp³-hybridized carbons (Fsp3) is 0.375. The summed E-state index contributed by atoms with van der Waals surface area (Å²) >= 11 is 4.97. The van der Waals surface area contributed by atoms with Gasteiger partial charge in [0.25, 0.3) is 0 Å². The lowest BCUT2D eigenvalue weighted by molar-refractivity contribution is -0.107. The van der Waals surface area contributed by atoms with E-state index in [2.05, 4.69) is 28.9 Å². The van der Waals surface area contributed by atoms with Gasteiger partial charge < -0.3 is 4.79 Å². The Morgan fingerprint density at radius 2 is 2.55 bits per heavy atom. The highest BCUT2D eigenvalue weighted by molar-refractivity contribution is 9.09. The second kappa shape index (κ2) is 4.02. The van der Waals surface area contributed by atoms with Crippen LogP contribution in [0.4, 0.5) is 0 Å². The van der Waals surface area contributed by atoms with Gasteiger partial charge in [0.15, 0.2) is 0 Å². The molecule has 60 valence electrons. The van der Waals surface area contributed by atoms with Gasteiger partial charge in [-0.2, -0.15) is 0 Å². The van der Waals surface area contributed by atoms with Crippen LogP contribution >= 0.6 is 27.3 Å². The van der Waals surface area contributed by atoms with E-state index in [1.165, 1.54) is 4.88 Å². The third kappa shape index (κ3) is 2.14. The monoisotopic (exact) mass is 232 g/mol. The number of carbonyl (C=O) groups excluding carboxylic acids is 1. The smallest absolute Gasteiger partial charge is 0.138 e. The molecule has 3 heteroatoms. The van der Waals surface area contributed by atoms with E-state index >= 15 is 0 Å². The second-order valence-corrected chi connectivity index (χ2v) is 4.22. The summed E-state index contributed by atoms with van der Waals surface area (Å²) in [6, 6.07) is 2.07. The van der Waals surface area contributed by atoms with E-state index < -0.39 is 0 Å². The van der Waals surface area contributed by atoms with Gasteiger partial charge in [0, 0.05) is 4.88 Å². The highest BCUT2D eigenvalue weighted by Gasteiger charge is 2.06. The number of carbonyl (C=O) groups is 1. The highest BCUT2D eigenvalue weighted by Crippen LogP contribution is 2.25. The van der Waals surface area contributed by atoms with Crippen LogP contribution in [0.25, 0.3) is 0 Å². The van der Waals surface area contributed by atoms with E-state index in [0.29, 0.717) is 0 Å². The molecule has 11 heavy (non-hydrogen) atoms. The summed E-state index contributed by atoms with van der Waals surface area (Å²) in [5.41, 5.74) is 1.07. The Labute approximate surface area is 78.6 Å². The lowest BCUT2D eigenvalue weighted by Gasteiger charge is -1.93. The SMILES string of the molecule is CCc1cc(C(Br)C=O)cs1. The predicted octanol–water partition coefficient (Wildman–Crippen LogP) is 2.95. The van der Waals surface area contributed by atoms with Crippen molar-refractivity contribution < 1.29 is 4.79 Å². The van der Waals surface area contributed by atoms with Gasteiger partial charge in [-0.25, -0.2) is 0 Å². The van der Waals surface area contributed by atoms with Crippen LogP contribution < -0.4 is 0 Å². The van der Waals surface area contributed by atoms with Crippen molar-refractivity contribution in [3.63, 3.8) is 0 Å². The van der Waals surface area contributed by atoms with E-state index in [0.717, 1.165) is 18.3 Å². The largest absolute Gasteiger partial charge is 0.302 e. The Morgan fingerprint density at radius 3 is 3.00 bits per heavy atom. The summed E-state index contributed by atoms with van der Waals surface area (Å²) in [6.07, 6.45) is 1.95. The maximum Gasteiger partial charge on any atom is 0.138 e. The molecule has 0 spiro atoms. The first-order valence-electron chi connectivity index (χ1n) is 3.44. The van der Waals surface area contributed by atoms with Crippen molar-refractivity contribution >= 4 is 33.6 Å². The molecular formula is C8H9BrOS. The van der Waals surface area contributed by atoms with Crippen molar-refractivity contribution in [2.75, 3.05) is 0 Å². The molecule has 1 unspecified atom stereocenters. The van der Waals surface area contributed by atoms with Crippen LogP contribution in [0.2, 0.25) is 0 Å². The van der Waals surface area contributed by atoms with Crippen LogP contribution in [0.3, 0.4) is 0 Å². The summed E-state index contributed by atoms with van der Waals surface area (Å²) in [5, 5.41) is 2.02. The van der Waals surface area contributed by atoms with Crippen molar-refractivity contribution in [3.05, 3.63) is 21.9 Å². The molecule has 0 radical (unpaired) electrons. The predicted molar refractivity (Wildman–Crippen MR) is 51.4 cm³/mol. The van der Waals surface area contributed by atoms with Gasteiger partial charge in [0.1, 0.15) is 6.29 Å². The lowest BCUT2D eigenvalue weighted by atomic mass is 10.2. The second-order valence-electron chi connectivity index (χ2n) is 2.24. The summed E-state index contributed by atoms with van der Waals surface area (Å²) in [7, 11) is 0. The van der Waals surface area contributed by atoms with Gasteiger partial charge in [-0.15, -0.1) is 11.3 Å². The van der Waals surface area contributed by atoms with Crippen LogP contribution in [0.15, 0.2) is 11.4 Å². The number of rotatable bonds is 3. The minimum atomic E-state index is -0.126. The minimum Gasteiger partial charge on any atom is -0.302 e. The normalized spacial score (nSPS) is 12.9. The van der Waals surface area contributed by atoms with E-state index in [-0.39, 0.29) is 4.83 Å². The molecule has 0 N–H and O–H groups in total. The molecule has 0 bridgehead atoms. The molecule has 1 atom stereocenters. The van der Waals surface area contributed by atoms with Crippen molar-refractivity contribution in [2.24, 2.45) is 0 Å². The number of halogens is 1. The van der Waals surface area contributed by atoms with Gasteiger partial charge in [0.05, 0.1) is 4.83 Å². The van der Waals surface area contributed by atoms with Gasteiger partial charge in [-0.05, 0) is 23.4 Å². The van der Waals surface area contributed by atoms with Gasteiger partial charge in [-0.3, -0.25) is 0 Å². The Bertz CT molecular complexity index is 244. The molecule has 1 aromatic heterocycles. The van der Waals surface area contributed by atoms with Crippen molar-refractivity contribution in [1.82, 2.24) is 0 Å². The van der Waals surface area contributed by atoms with E-state index in [1.807, 2.05) is 5.38 Å². The van der Waals surface area contributed by atoms with Gasteiger partial charge in [0.2, 0.25) is 0 Å². The van der Waals surface area contributed by atoms with Crippen LogP contribution in [0.5, 0.6) is 0 Å². The van der Waals surface area contributed by atoms with Crippen molar-refractivity contribution in [3.8, 4) is 0 Å². The maximum absolute atomic E-state index is 10.4. The summed E-state index contributed by atoms with van der Waals surface area (Å²) in [6.45, 7) is 2.11. The zero-order valence-electron chi connectivity index (χ0n) is 6.21. The lowest BCUT2D eigenvalue weighted by Crippen LogP contribution is -1.86. The molecule has 1 rings (SSSR count). The number of thiophene rings is 1. The van der Waals surface area contributed by atoms with E-state index in [1.54, 1.807) is 11.3 Å². The Kier molecular flexibility index (Phi) is 3.27. The molecule has 0 aliphatic heterocycles. The third-order valence-corrected chi connectivity index (χ3v) is 3.30. The fourth-order valence-electron chi connectivity index (χ4n) is 0.806. The fourth-order valence-corrected chi connectivity index (χ4v) is 2.12. The Balaban J connectivity index is 2.79. The molecular weight excluding hydrogens is 224 g/mol. The Hall–Kier alpha value is -0.150. The first-order valence-corrected chi connectivity index (χ1v) is 5.24. The third-order valence-electron chi connectivity index (χ3n) is 1.46. The van der Waals surface area contributed by atoms with Crippen molar-refractivity contribution in [2.45, 2.75) is 18.2 Å². The van der Waals surface area contributed by atoms with Gasteiger partial charge >= 0.3 is 0 Å². The molecule has 0 fully saturated rings. The number of aryl methyl sites for hydroxylation is 1. The first-order chi connectivity index (χ1) is 5.27. The molecule has 0 saturated heterocycles. The maximum atomic E-state index is 10.4. The van der Waals surface area contributed by atoms with E-state index in [9.17, 15) is 4.79 Å². The summed E-state index contributed by atoms with van der Waals surface area (Å²) in [5.74, 6) is 0. The summed E-state index contributed by atoms with van der Waals surface area (Å²) in [4.78, 5) is 11.6. The zero-order chi connectivity index (χ0) is 8.27. The molecule has 1 nitrogen and oxygen atoms in total. The molecule has 1 heterocycles. The van der Waals surface area contributed by atoms with Crippen LogP contribution in [-0.4, -0.2) is 6.29 Å². The quantitative estimate of drug-likeness (QED) is 0.579. The minimum absolute atomic E-state index is 0.126. The van der Waals surface area contributed by atoms with E-state index in [4.69, 9.17) is 0 Å². The number of aldehydes is 1. The molecule has 1 aromatic rings. The number of hydrogen-bond acceptors (Lipinski definition) is 2.